The highest BCUT2D eigenvalue weighted by atomic mass is 32.2. The number of nitrogens with zero attached hydrogens (tertiary/aromatic N) is 3. The number of hydrogen-bond donors (Lipinski definition) is 1. The minimum Gasteiger partial charge on any atom is -0.354 e. The predicted molar refractivity (Wildman–Crippen MR) is 74.9 cm³/mol. The average molecular weight is 284 g/mol. The predicted octanol–water partition coefficient (Wildman–Crippen LogP) is 0.177. The third-order valence-corrected chi connectivity index (χ3v) is 5.33. The van der Waals surface area contributed by atoms with Crippen molar-refractivity contribution >= 4 is 15.7 Å². The molecule has 0 aromatic carbocycles. The van der Waals surface area contributed by atoms with Crippen LogP contribution in [0.1, 0.15) is 23.2 Å². The van der Waals surface area contributed by atoms with Crippen LogP contribution in [0.4, 0.5) is 5.82 Å². The molecule has 1 aromatic heterocycles. The Morgan fingerprint density at radius 2 is 1.95 bits per heavy atom. The molecule has 7 heteroatoms. The molecule has 1 fully saturated rings. The first-order valence-electron chi connectivity index (χ1n) is 6.43. The molecular formula is C12H20N4O2S. The Morgan fingerprint density at radius 1 is 1.21 bits per heavy atom. The lowest BCUT2D eigenvalue weighted by Crippen LogP contribution is -2.30. The van der Waals surface area contributed by atoms with E-state index in [4.69, 9.17) is 5.73 Å². The number of rotatable bonds is 2. The van der Waals surface area contributed by atoms with Crippen molar-refractivity contribution in [2.45, 2.75) is 26.8 Å². The molecule has 0 unspecified atom stereocenters. The van der Waals surface area contributed by atoms with Crippen LogP contribution in [-0.4, -0.2) is 43.2 Å². The Balaban J connectivity index is 2.34. The Bertz CT molecular complexity index is 571. The van der Waals surface area contributed by atoms with Crippen LogP contribution in [0.5, 0.6) is 0 Å². The van der Waals surface area contributed by atoms with Gasteiger partial charge in [-0.05, 0) is 25.8 Å². The van der Waals surface area contributed by atoms with E-state index >= 15 is 0 Å². The highest BCUT2D eigenvalue weighted by Crippen LogP contribution is 2.23. The summed E-state index contributed by atoms with van der Waals surface area (Å²) in [4.78, 5) is 1.99. The summed E-state index contributed by atoms with van der Waals surface area (Å²) >= 11 is 0. The van der Waals surface area contributed by atoms with E-state index in [0.717, 1.165) is 22.6 Å². The van der Waals surface area contributed by atoms with Gasteiger partial charge in [0.25, 0.3) is 0 Å². The summed E-state index contributed by atoms with van der Waals surface area (Å²) in [5, 5.41) is 8.36. The maximum atomic E-state index is 11.6. The van der Waals surface area contributed by atoms with Gasteiger partial charge in [-0.2, -0.15) is 5.10 Å². The number of aromatic nitrogens is 2. The van der Waals surface area contributed by atoms with E-state index in [1.807, 2.05) is 18.7 Å². The molecule has 0 bridgehead atoms. The van der Waals surface area contributed by atoms with Gasteiger partial charge in [0.1, 0.15) is 0 Å². The van der Waals surface area contributed by atoms with Gasteiger partial charge in [0.05, 0.1) is 17.2 Å². The first-order chi connectivity index (χ1) is 8.94. The Hall–Kier alpha value is -1.21. The molecule has 0 amide bonds. The van der Waals surface area contributed by atoms with Gasteiger partial charge in [-0.15, -0.1) is 5.10 Å². The van der Waals surface area contributed by atoms with Gasteiger partial charge in [-0.1, -0.05) is 0 Å². The molecular weight excluding hydrogens is 264 g/mol. The van der Waals surface area contributed by atoms with Crippen molar-refractivity contribution in [2.75, 3.05) is 29.5 Å². The number of sulfone groups is 1. The van der Waals surface area contributed by atoms with E-state index in [9.17, 15) is 8.42 Å². The van der Waals surface area contributed by atoms with Gasteiger partial charge in [0, 0.05) is 25.2 Å². The molecule has 0 spiro atoms. The summed E-state index contributed by atoms with van der Waals surface area (Å²) in [5.41, 5.74) is 8.68. The molecule has 1 aliphatic rings. The maximum Gasteiger partial charge on any atom is 0.156 e. The first kappa shape index (κ1) is 14.2. The molecule has 2 heterocycles. The minimum absolute atomic E-state index is 0.172. The van der Waals surface area contributed by atoms with Crippen molar-refractivity contribution < 1.29 is 8.42 Å². The zero-order chi connectivity index (χ0) is 14.0. The summed E-state index contributed by atoms with van der Waals surface area (Å²) in [5.74, 6) is 1.16. The number of hydrogen-bond acceptors (Lipinski definition) is 6. The molecule has 0 radical (unpaired) electrons. The molecule has 106 valence electrons. The third-order valence-electron chi connectivity index (χ3n) is 3.62. The molecule has 1 saturated heterocycles. The van der Waals surface area contributed by atoms with Crippen molar-refractivity contribution in [3.05, 3.63) is 16.8 Å². The zero-order valence-electron chi connectivity index (χ0n) is 11.4. The summed E-state index contributed by atoms with van der Waals surface area (Å²) in [6, 6.07) is 0. The molecule has 2 N–H and O–H groups in total. The Morgan fingerprint density at radius 3 is 2.63 bits per heavy atom. The van der Waals surface area contributed by atoms with Crippen LogP contribution in [0.3, 0.4) is 0 Å². The molecule has 2 rings (SSSR count). The van der Waals surface area contributed by atoms with Crippen molar-refractivity contribution in [3.8, 4) is 0 Å². The van der Waals surface area contributed by atoms with E-state index in [1.165, 1.54) is 0 Å². The van der Waals surface area contributed by atoms with Crippen LogP contribution in [0.15, 0.2) is 0 Å². The lowest BCUT2D eigenvalue weighted by molar-refractivity contribution is 0.597. The van der Waals surface area contributed by atoms with Crippen molar-refractivity contribution in [2.24, 2.45) is 5.73 Å². The standard InChI is InChI=1S/C12H20N4O2S/c1-9-10(2)14-15-12(11(9)8-13)16-4-3-6-19(17,18)7-5-16/h3-8,13H2,1-2H3. The largest absolute Gasteiger partial charge is 0.354 e. The van der Waals surface area contributed by atoms with Gasteiger partial charge >= 0.3 is 0 Å². The first-order valence-corrected chi connectivity index (χ1v) is 8.25. The fourth-order valence-electron chi connectivity index (χ4n) is 2.29. The van der Waals surface area contributed by atoms with Gasteiger partial charge in [0.2, 0.25) is 0 Å². The summed E-state index contributed by atoms with van der Waals surface area (Å²) in [6.45, 7) is 5.42. The smallest absolute Gasteiger partial charge is 0.156 e. The highest BCUT2D eigenvalue weighted by Gasteiger charge is 2.22. The molecule has 19 heavy (non-hydrogen) atoms. The second-order valence-corrected chi connectivity index (χ2v) is 7.21. The van der Waals surface area contributed by atoms with Crippen LogP contribution in [0.2, 0.25) is 0 Å². The quantitative estimate of drug-likeness (QED) is 0.833. The molecule has 1 aliphatic heterocycles. The molecule has 0 atom stereocenters. The third kappa shape index (κ3) is 3.03. The molecule has 1 aromatic rings. The monoisotopic (exact) mass is 284 g/mol. The lowest BCUT2D eigenvalue weighted by atomic mass is 10.1. The Labute approximate surface area is 113 Å². The average Bonchev–Trinajstić information content (AvgIpc) is 2.53. The topological polar surface area (TPSA) is 89.2 Å². The normalized spacial score (nSPS) is 19.2. The van der Waals surface area contributed by atoms with Gasteiger partial charge in [-0.25, -0.2) is 8.42 Å². The van der Waals surface area contributed by atoms with E-state index in [2.05, 4.69) is 10.2 Å². The van der Waals surface area contributed by atoms with Crippen LogP contribution >= 0.6 is 0 Å². The van der Waals surface area contributed by atoms with Crippen LogP contribution < -0.4 is 10.6 Å². The van der Waals surface area contributed by atoms with E-state index in [1.54, 1.807) is 0 Å². The van der Waals surface area contributed by atoms with Crippen LogP contribution in [0.25, 0.3) is 0 Å². The molecule has 0 aliphatic carbocycles. The fourth-order valence-corrected chi connectivity index (χ4v) is 3.56. The summed E-state index contributed by atoms with van der Waals surface area (Å²) in [7, 11) is -2.92. The summed E-state index contributed by atoms with van der Waals surface area (Å²) in [6.07, 6.45) is 0.626. The zero-order valence-corrected chi connectivity index (χ0v) is 12.2. The second-order valence-electron chi connectivity index (χ2n) is 4.91. The number of aryl methyl sites for hydroxylation is 1. The van der Waals surface area contributed by atoms with Crippen molar-refractivity contribution in [3.63, 3.8) is 0 Å². The molecule has 6 nitrogen and oxygen atoms in total. The SMILES string of the molecule is Cc1nnc(N2CCCS(=O)(=O)CC2)c(CN)c1C. The lowest BCUT2D eigenvalue weighted by Gasteiger charge is -2.24. The van der Waals surface area contributed by atoms with Crippen LogP contribution in [0, 0.1) is 13.8 Å². The Kier molecular flexibility index (Phi) is 4.05. The van der Waals surface area contributed by atoms with Gasteiger partial charge in [0.15, 0.2) is 15.7 Å². The highest BCUT2D eigenvalue weighted by molar-refractivity contribution is 7.91. The van der Waals surface area contributed by atoms with Crippen molar-refractivity contribution in [1.29, 1.82) is 0 Å². The van der Waals surface area contributed by atoms with Crippen molar-refractivity contribution in [1.82, 2.24) is 10.2 Å². The molecule has 0 saturated carbocycles. The number of anilines is 1. The van der Waals surface area contributed by atoms with E-state index in [-0.39, 0.29) is 11.5 Å². The minimum atomic E-state index is -2.92. The fraction of sp³-hybridized carbons (Fsp3) is 0.667. The number of nitrogens with two attached hydrogens (primary N) is 1. The maximum absolute atomic E-state index is 11.6. The van der Waals surface area contributed by atoms with Crippen LogP contribution in [-0.2, 0) is 16.4 Å². The second kappa shape index (κ2) is 5.42. The van der Waals surface area contributed by atoms with Gasteiger partial charge in [-0.3, -0.25) is 0 Å². The van der Waals surface area contributed by atoms with E-state index in [0.29, 0.717) is 26.1 Å². The summed E-state index contributed by atoms with van der Waals surface area (Å²) < 4.78 is 23.3. The van der Waals surface area contributed by atoms with E-state index < -0.39 is 9.84 Å². The van der Waals surface area contributed by atoms with Gasteiger partial charge < -0.3 is 10.6 Å².